The highest BCUT2D eigenvalue weighted by atomic mass is 16.8. The van der Waals surface area contributed by atoms with E-state index in [2.05, 4.69) is 13.8 Å². The number of hydrogen-bond donors (Lipinski definition) is 0. The number of allylic oxidation sites excluding steroid dienone is 1. The van der Waals surface area contributed by atoms with Gasteiger partial charge < -0.3 is 14.2 Å². The van der Waals surface area contributed by atoms with Crippen LogP contribution in [-0.2, 0) is 19.0 Å². The maximum atomic E-state index is 12.3. The van der Waals surface area contributed by atoms with Gasteiger partial charge in [0, 0.05) is 6.92 Å². The second kappa shape index (κ2) is 13.4. The fourth-order valence-corrected chi connectivity index (χ4v) is 4.35. The summed E-state index contributed by atoms with van der Waals surface area (Å²) in [6, 6.07) is 0. The lowest BCUT2D eigenvalue weighted by molar-refractivity contribution is -0.206. The molecule has 2 fully saturated rings. The lowest BCUT2D eigenvalue weighted by Gasteiger charge is -2.19. The largest absolute Gasteiger partial charge is 0.427 e. The molecule has 0 unspecified atom stereocenters. The Kier molecular flexibility index (Phi) is 11.3. The molecule has 168 valence electrons. The van der Waals surface area contributed by atoms with E-state index < -0.39 is 5.79 Å². The Balaban J connectivity index is 1.67. The molecular weight excluding hydrogens is 364 g/mol. The van der Waals surface area contributed by atoms with Crippen LogP contribution in [0.4, 0.5) is 0 Å². The van der Waals surface area contributed by atoms with E-state index in [1.807, 2.05) is 13.0 Å². The molecule has 0 aromatic carbocycles. The van der Waals surface area contributed by atoms with Gasteiger partial charge in [0.2, 0.25) is 5.79 Å². The molecule has 2 saturated heterocycles. The van der Waals surface area contributed by atoms with Crippen LogP contribution in [0.5, 0.6) is 0 Å². The van der Waals surface area contributed by atoms with Crippen LogP contribution in [0.15, 0.2) is 11.6 Å². The number of carbonyl (C=O) groups excluding carboxylic acids is 1. The molecule has 0 aliphatic carbocycles. The first-order chi connectivity index (χ1) is 14.1. The Morgan fingerprint density at radius 2 is 1.38 bits per heavy atom. The molecule has 2 rings (SSSR count). The molecule has 0 saturated carbocycles. The average molecular weight is 409 g/mol. The molecule has 3 atom stereocenters. The molecule has 0 N–H and O–H groups in total. The van der Waals surface area contributed by atoms with E-state index in [9.17, 15) is 4.79 Å². The average Bonchev–Trinajstić information content (AvgIpc) is 3.12. The van der Waals surface area contributed by atoms with Crippen LogP contribution in [0.1, 0.15) is 124 Å². The van der Waals surface area contributed by atoms with Crippen molar-refractivity contribution in [3.63, 3.8) is 0 Å². The molecule has 4 heteroatoms. The summed E-state index contributed by atoms with van der Waals surface area (Å²) in [4.78, 5) is 12.3. The van der Waals surface area contributed by atoms with E-state index in [0.29, 0.717) is 5.57 Å². The predicted molar refractivity (Wildman–Crippen MR) is 118 cm³/mol. The van der Waals surface area contributed by atoms with E-state index in [-0.39, 0.29) is 18.4 Å². The normalized spacial score (nSPS) is 27.6. The van der Waals surface area contributed by atoms with E-state index in [1.54, 1.807) is 0 Å². The molecule has 2 heterocycles. The molecule has 0 spiro atoms. The number of esters is 1. The standard InChI is InChI=1S/C25H44O4/c1-4-6-8-10-12-14-15-17-19-21-23-25(3,29-24(21)26)28-22(27-23)20-18-16-13-11-9-7-5-2/h19,22-23H,4-18,20H2,1-3H3/t22-,23+,25-/m0/s1. The summed E-state index contributed by atoms with van der Waals surface area (Å²) in [5, 5.41) is 0. The summed E-state index contributed by atoms with van der Waals surface area (Å²) in [6.45, 7) is 6.33. The minimum atomic E-state index is -0.936. The van der Waals surface area contributed by atoms with Crippen molar-refractivity contribution in [3.8, 4) is 0 Å². The van der Waals surface area contributed by atoms with Crippen LogP contribution in [0.2, 0.25) is 0 Å². The maximum absolute atomic E-state index is 12.3. The van der Waals surface area contributed by atoms with Gasteiger partial charge in [0.25, 0.3) is 0 Å². The van der Waals surface area contributed by atoms with Gasteiger partial charge in [-0.1, -0.05) is 97.0 Å². The van der Waals surface area contributed by atoms with Crippen molar-refractivity contribution in [2.45, 2.75) is 142 Å². The smallest absolute Gasteiger partial charge is 0.339 e. The van der Waals surface area contributed by atoms with Crippen LogP contribution >= 0.6 is 0 Å². The van der Waals surface area contributed by atoms with Gasteiger partial charge in [-0.25, -0.2) is 4.79 Å². The summed E-state index contributed by atoms with van der Waals surface area (Å²) < 4.78 is 17.7. The van der Waals surface area contributed by atoms with Crippen molar-refractivity contribution in [1.29, 1.82) is 0 Å². The van der Waals surface area contributed by atoms with Crippen molar-refractivity contribution in [3.05, 3.63) is 11.6 Å². The van der Waals surface area contributed by atoms with Gasteiger partial charge in [0.05, 0.1) is 5.57 Å². The zero-order chi connectivity index (χ0) is 21.0. The molecule has 0 bridgehead atoms. The van der Waals surface area contributed by atoms with Gasteiger partial charge in [-0.15, -0.1) is 0 Å². The van der Waals surface area contributed by atoms with E-state index in [0.717, 1.165) is 25.7 Å². The Labute approximate surface area is 178 Å². The highest BCUT2D eigenvalue weighted by Crippen LogP contribution is 2.42. The van der Waals surface area contributed by atoms with Gasteiger partial charge in [0.1, 0.15) is 0 Å². The Morgan fingerprint density at radius 1 is 0.828 bits per heavy atom. The molecule has 2 aliphatic rings. The second-order valence-electron chi connectivity index (χ2n) is 8.95. The topological polar surface area (TPSA) is 44.8 Å². The van der Waals surface area contributed by atoms with Crippen molar-refractivity contribution in [2.75, 3.05) is 0 Å². The highest BCUT2D eigenvalue weighted by molar-refractivity contribution is 5.92. The first-order valence-corrected chi connectivity index (χ1v) is 12.4. The van der Waals surface area contributed by atoms with Crippen LogP contribution < -0.4 is 0 Å². The summed E-state index contributed by atoms with van der Waals surface area (Å²) in [5.74, 6) is -1.20. The number of fused-ring (bicyclic) bond motifs is 1. The summed E-state index contributed by atoms with van der Waals surface area (Å²) in [5.41, 5.74) is 0.667. The van der Waals surface area contributed by atoms with Gasteiger partial charge in [-0.2, -0.15) is 0 Å². The SMILES string of the molecule is CCCCCCCCCC=C1C(=O)O[C@]2(C)O[C@@H](CCCCCCCCC)O[C@H]12. The van der Waals surface area contributed by atoms with Crippen LogP contribution in [-0.4, -0.2) is 24.2 Å². The van der Waals surface area contributed by atoms with E-state index in [1.165, 1.54) is 77.0 Å². The van der Waals surface area contributed by atoms with Crippen LogP contribution in [0, 0.1) is 0 Å². The van der Waals surface area contributed by atoms with Crippen molar-refractivity contribution in [2.24, 2.45) is 0 Å². The Bertz CT molecular complexity index is 501. The van der Waals surface area contributed by atoms with Crippen LogP contribution in [0.25, 0.3) is 0 Å². The summed E-state index contributed by atoms with van der Waals surface area (Å²) in [7, 11) is 0. The van der Waals surface area contributed by atoms with E-state index in [4.69, 9.17) is 14.2 Å². The first kappa shape index (κ1) is 24.4. The third-order valence-electron chi connectivity index (χ3n) is 6.16. The van der Waals surface area contributed by atoms with Gasteiger partial charge in [0.15, 0.2) is 12.4 Å². The molecule has 0 aromatic rings. The lowest BCUT2D eigenvalue weighted by Crippen LogP contribution is -2.33. The highest BCUT2D eigenvalue weighted by Gasteiger charge is 2.58. The molecule has 29 heavy (non-hydrogen) atoms. The van der Waals surface area contributed by atoms with Crippen molar-refractivity contribution >= 4 is 5.97 Å². The third-order valence-corrected chi connectivity index (χ3v) is 6.16. The Morgan fingerprint density at radius 3 is 2.00 bits per heavy atom. The molecule has 4 nitrogen and oxygen atoms in total. The number of ether oxygens (including phenoxy) is 3. The zero-order valence-electron chi connectivity index (χ0n) is 19.2. The molecular formula is C25H44O4. The minimum Gasteiger partial charge on any atom is -0.427 e. The van der Waals surface area contributed by atoms with Gasteiger partial charge in [-0.3, -0.25) is 0 Å². The van der Waals surface area contributed by atoms with Crippen LogP contribution in [0.3, 0.4) is 0 Å². The van der Waals surface area contributed by atoms with Gasteiger partial charge >= 0.3 is 5.97 Å². The fraction of sp³-hybridized carbons (Fsp3) is 0.880. The minimum absolute atomic E-state index is 0.254. The number of unbranched alkanes of at least 4 members (excludes halogenated alkanes) is 13. The second-order valence-corrected chi connectivity index (χ2v) is 8.95. The quantitative estimate of drug-likeness (QED) is 0.154. The summed E-state index contributed by atoms with van der Waals surface area (Å²) in [6.07, 6.45) is 21.0. The molecule has 2 aliphatic heterocycles. The molecule has 0 amide bonds. The monoisotopic (exact) mass is 408 g/mol. The lowest BCUT2D eigenvalue weighted by atomic mass is 10.0. The number of hydrogen-bond acceptors (Lipinski definition) is 4. The number of rotatable bonds is 16. The van der Waals surface area contributed by atoms with Gasteiger partial charge in [-0.05, 0) is 25.7 Å². The fourth-order valence-electron chi connectivity index (χ4n) is 4.35. The molecule has 0 aromatic heterocycles. The summed E-state index contributed by atoms with van der Waals surface area (Å²) >= 11 is 0. The van der Waals surface area contributed by atoms with Crippen molar-refractivity contribution < 1.29 is 19.0 Å². The first-order valence-electron chi connectivity index (χ1n) is 12.4. The predicted octanol–water partition coefficient (Wildman–Crippen LogP) is 7.21. The maximum Gasteiger partial charge on any atom is 0.339 e. The zero-order valence-corrected chi connectivity index (χ0v) is 19.2. The Hall–Kier alpha value is -0.870. The van der Waals surface area contributed by atoms with E-state index >= 15 is 0 Å². The third kappa shape index (κ3) is 8.05. The molecule has 0 radical (unpaired) electrons. The van der Waals surface area contributed by atoms with Crippen molar-refractivity contribution in [1.82, 2.24) is 0 Å². The number of carbonyl (C=O) groups is 1.